The molecule has 1 aliphatic rings. The second-order valence-electron chi connectivity index (χ2n) is 7.69. The summed E-state index contributed by atoms with van der Waals surface area (Å²) in [7, 11) is 1.44. The van der Waals surface area contributed by atoms with Crippen LogP contribution in [0.3, 0.4) is 0 Å². The minimum Gasteiger partial charge on any atom is -0.383 e. The number of alkyl halides is 3. The molecule has 2 amide bonds. The number of halogens is 5. The van der Waals surface area contributed by atoms with Gasteiger partial charge in [-0.15, -0.1) is 0 Å². The minimum atomic E-state index is -4.52. The van der Waals surface area contributed by atoms with E-state index in [4.69, 9.17) is 9.47 Å². The maximum atomic E-state index is 14.0. The smallest absolute Gasteiger partial charge is 0.383 e. The van der Waals surface area contributed by atoms with Crippen molar-refractivity contribution in [1.29, 1.82) is 0 Å². The topological polar surface area (TPSA) is 59.1 Å². The molecule has 184 valence electrons. The van der Waals surface area contributed by atoms with Gasteiger partial charge in [0.15, 0.2) is 0 Å². The monoisotopic (exact) mass is 486 g/mol. The molecule has 34 heavy (non-hydrogen) atoms. The average Bonchev–Trinajstić information content (AvgIpc) is 2.80. The highest BCUT2D eigenvalue weighted by molar-refractivity contribution is 5.95. The normalized spacial score (nSPS) is 16.4. The van der Waals surface area contributed by atoms with Gasteiger partial charge in [-0.2, -0.15) is 13.2 Å². The summed E-state index contributed by atoms with van der Waals surface area (Å²) in [5, 5.41) is 0. The van der Waals surface area contributed by atoms with Gasteiger partial charge >= 0.3 is 6.18 Å². The van der Waals surface area contributed by atoms with Crippen LogP contribution in [0, 0.1) is 11.6 Å². The van der Waals surface area contributed by atoms with Crippen molar-refractivity contribution in [3.8, 4) is 0 Å². The van der Waals surface area contributed by atoms with Crippen molar-refractivity contribution in [3.63, 3.8) is 0 Å². The van der Waals surface area contributed by atoms with Crippen LogP contribution in [0.25, 0.3) is 0 Å². The van der Waals surface area contributed by atoms with E-state index in [1.165, 1.54) is 16.9 Å². The van der Waals surface area contributed by atoms with Crippen molar-refractivity contribution in [2.75, 3.05) is 46.5 Å². The summed E-state index contributed by atoms with van der Waals surface area (Å²) in [6, 6.07) is 6.53. The van der Waals surface area contributed by atoms with Crippen molar-refractivity contribution in [1.82, 2.24) is 9.80 Å². The van der Waals surface area contributed by atoms with E-state index in [-0.39, 0.29) is 50.5 Å². The maximum absolute atomic E-state index is 14.0. The molecule has 11 heteroatoms. The number of carbonyl (C=O) groups is 2. The second-order valence-corrected chi connectivity index (χ2v) is 7.69. The minimum absolute atomic E-state index is 0.0267. The van der Waals surface area contributed by atoms with Gasteiger partial charge in [0.05, 0.1) is 30.4 Å². The van der Waals surface area contributed by atoms with Crippen LogP contribution >= 0.6 is 0 Å². The van der Waals surface area contributed by atoms with Crippen LogP contribution in [-0.2, 0) is 15.7 Å². The van der Waals surface area contributed by atoms with Gasteiger partial charge in [0.1, 0.15) is 11.6 Å². The van der Waals surface area contributed by atoms with Gasteiger partial charge in [-0.25, -0.2) is 8.78 Å². The Hall–Kier alpha value is -3.05. The highest BCUT2D eigenvalue weighted by Gasteiger charge is 2.32. The van der Waals surface area contributed by atoms with Crippen molar-refractivity contribution >= 4 is 11.8 Å². The summed E-state index contributed by atoms with van der Waals surface area (Å²) in [6.45, 7) is 0.681. The molecule has 1 heterocycles. The summed E-state index contributed by atoms with van der Waals surface area (Å²) in [5.74, 6) is -2.94. The highest BCUT2D eigenvalue weighted by Crippen LogP contribution is 2.29. The van der Waals surface area contributed by atoms with E-state index in [2.05, 4.69) is 0 Å². The van der Waals surface area contributed by atoms with Crippen molar-refractivity contribution in [2.24, 2.45) is 0 Å². The summed E-state index contributed by atoms with van der Waals surface area (Å²) in [5.41, 5.74) is -1.09. The molecule has 3 rings (SSSR count). The van der Waals surface area contributed by atoms with Crippen LogP contribution in [0.2, 0.25) is 0 Å². The molecule has 0 radical (unpaired) electrons. The van der Waals surface area contributed by atoms with Gasteiger partial charge in [0.2, 0.25) is 0 Å². The Balaban J connectivity index is 1.71. The zero-order valence-electron chi connectivity index (χ0n) is 18.3. The standard InChI is InChI=1S/C23H23F5N2O4/c1-33-10-8-29(21(31)15-2-4-16(5-3-15)23(26,27)28)13-18-14-30(9-11-34-18)22(32)19-7-6-17(24)12-20(19)25/h2-7,12,18H,8-11,13-14H2,1H3/t18-/m0/s1. The first-order chi connectivity index (χ1) is 16.1. The van der Waals surface area contributed by atoms with Crippen LogP contribution < -0.4 is 0 Å². The third kappa shape index (κ3) is 6.29. The Labute approximate surface area is 192 Å². The lowest BCUT2D eigenvalue weighted by Crippen LogP contribution is -2.51. The Morgan fingerprint density at radius 1 is 1.15 bits per heavy atom. The Bertz CT molecular complexity index is 1010. The average molecular weight is 486 g/mol. The van der Waals surface area contributed by atoms with Gasteiger partial charge in [0.25, 0.3) is 11.8 Å². The number of hydrogen-bond acceptors (Lipinski definition) is 4. The van der Waals surface area contributed by atoms with Crippen LogP contribution in [0.15, 0.2) is 42.5 Å². The van der Waals surface area contributed by atoms with Crippen molar-refractivity contribution in [2.45, 2.75) is 12.3 Å². The molecule has 0 unspecified atom stereocenters. The second kappa shape index (κ2) is 10.9. The molecular weight excluding hydrogens is 463 g/mol. The fraction of sp³-hybridized carbons (Fsp3) is 0.391. The van der Waals surface area contributed by atoms with Gasteiger partial charge in [-0.1, -0.05) is 0 Å². The summed E-state index contributed by atoms with van der Waals surface area (Å²) >= 11 is 0. The third-order valence-electron chi connectivity index (χ3n) is 5.32. The van der Waals surface area contributed by atoms with Gasteiger partial charge < -0.3 is 19.3 Å². The predicted octanol–water partition coefficient (Wildman–Crippen LogP) is 3.61. The van der Waals surface area contributed by atoms with E-state index >= 15 is 0 Å². The van der Waals surface area contributed by atoms with Gasteiger partial charge in [-0.3, -0.25) is 9.59 Å². The number of amides is 2. The van der Waals surface area contributed by atoms with Crippen molar-refractivity contribution in [3.05, 3.63) is 70.8 Å². The van der Waals surface area contributed by atoms with Crippen LogP contribution in [0.5, 0.6) is 0 Å². The Kier molecular flexibility index (Phi) is 8.21. The molecule has 1 atom stereocenters. The van der Waals surface area contributed by atoms with Crippen LogP contribution in [0.4, 0.5) is 22.0 Å². The molecule has 0 saturated carbocycles. The number of rotatable bonds is 7. The van der Waals surface area contributed by atoms with Gasteiger partial charge in [0, 0.05) is 44.9 Å². The third-order valence-corrected chi connectivity index (χ3v) is 5.32. The lowest BCUT2D eigenvalue weighted by molar-refractivity contribution is -0.137. The molecule has 1 saturated heterocycles. The lowest BCUT2D eigenvalue weighted by atomic mass is 10.1. The van der Waals surface area contributed by atoms with E-state index < -0.39 is 41.3 Å². The molecule has 0 spiro atoms. The molecule has 0 aliphatic carbocycles. The van der Waals surface area contributed by atoms with E-state index in [1.54, 1.807) is 0 Å². The fourth-order valence-corrected chi connectivity index (χ4v) is 3.55. The molecule has 6 nitrogen and oxygen atoms in total. The molecular formula is C23H23F5N2O4. The highest BCUT2D eigenvalue weighted by atomic mass is 19.4. The van der Waals surface area contributed by atoms with Crippen molar-refractivity contribution < 1.29 is 41.0 Å². The first-order valence-electron chi connectivity index (χ1n) is 10.4. The first-order valence-corrected chi connectivity index (χ1v) is 10.4. The van der Waals surface area contributed by atoms with Crippen LogP contribution in [0.1, 0.15) is 26.3 Å². The molecule has 0 bridgehead atoms. The van der Waals surface area contributed by atoms with E-state index in [0.29, 0.717) is 6.07 Å². The Morgan fingerprint density at radius 3 is 2.47 bits per heavy atom. The molecule has 0 N–H and O–H groups in total. The number of methoxy groups -OCH3 is 1. The van der Waals surface area contributed by atoms with E-state index in [0.717, 1.165) is 36.4 Å². The van der Waals surface area contributed by atoms with E-state index in [9.17, 15) is 31.5 Å². The number of hydrogen-bond donors (Lipinski definition) is 0. The number of morpholine rings is 1. The number of ether oxygens (including phenoxy) is 2. The lowest BCUT2D eigenvalue weighted by Gasteiger charge is -2.36. The largest absolute Gasteiger partial charge is 0.416 e. The molecule has 1 fully saturated rings. The fourth-order valence-electron chi connectivity index (χ4n) is 3.55. The molecule has 0 aromatic heterocycles. The number of carbonyl (C=O) groups excluding carboxylic acids is 2. The van der Waals surface area contributed by atoms with Crippen LogP contribution in [-0.4, -0.2) is 74.2 Å². The van der Waals surface area contributed by atoms with E-state index in [1.807, 2.05) is 0 Å². The molecule has 1 aliphatic heterocycles. The summed E-state index contributed by atoms with van der Waals surface area (Å²) in [6.07, 6.45) is -5.15. The molecule has 2 aromatic carbocycles. The summed E-state index contributed by atoms with van der Waals surface area (Å²) in [4.78, 5) is 28.4. The predicted molar refractivity (Wildman–Crippen MR) is 111 cm³/mol. The SMILES string of the molecule is COCCN(C[C@H]1CN(C(=O)c2ccc(F)cc2F)CCO1)C(=O)c1ccc(C(F)(F)F)cc1. The number of benzene rings is 2. The summed E-state index contributed by atoms with van der Waals surface area (Å²) < 4.78 is 76.4. The zero-order valence-corrected chi connectivity index (χ0v) is 18.3. The Morgan fingerprint density at radius 2 is 1.85 bits per heavy atom. The molecule has 2 aromatic rings. The zero-order chi connectivity index (χ0) is 24.9. The quantitative estimate of drug-likeness (QED) is 0.562. The first kappa shape index (κ1) is 25.6. The number of nitrogens with zero attached hydrogens (tertiary/aromatic N) is 2. The van der Waals surface area contributed by atoms with Gasteiger partial charge in [-0.05, 0) is 36.4 Å². The maximum Gasteiger partial charge on any atom is 0.416 e.